The number of rotatable bonds is 10. The van der Waals surface area contributed by atoms with Gasteiger partial charge in [-0.1, -0.05) is 13.8 Å². The first-order chi connectivity index (χ1) is 13.7. The van der Waals surface area contributed by atoms with Crippen LogP contribution in [0.25, 0.3) is 0 Å². The van der Waals surface area contributed by atoms with E-state index in [1.807, 2.05) is 13.8 Å². The van der Waals surface area contributed by atoms with Gasteiger partial charge in [0.1, 0.15) is 5.76 Å². The van der Waals surface area contributed by atoms with Gasteiger partial charge in [-0.15, -0.1) is 0 Å². The predicted octanol–water partition coefficient (Wildman–Crippen LogP) is 2.59. The number of hydrogen-bond donors (Lipinski definition) is 2. The molecule has 0 radical (unpaired) electrons. The first-order valence-corrected chi connectivity index (χ1v) is 10.8. The van der Waals surface area contributed by atoms with Crippen molar-refractivity contribution in [2.45, 2.75) is 38.6 Å². The second kappa shape index (κ2) is 10.2. The molecule has 2 rings (SSSR count). The topological polar surface area (TPSA) is 109 Å². The monoisotopic (exact) mass is 421 g/mol. The van der Waals surface area contributed by atoms with Gasteiger partial charge in [0.05, 0.1) is 24.2 Å². The number of furan rings is 1. The fourth-order valence-electron chi connectivity index (χ4n) is 2.58. The van der Waals surface area contributed by atoms with Crippen LogP contribution in [0, 0.1) is 5.92 Å². The number of carbonyl (C=O) groups excluding carboxylic acids is 2. The Morgan fingerprint density at radius 2 is 1.83 bits per heavy atom. The summed E-state index contributed by atoms with van der Waals surface area (Å²) >= 11 is 0. The molecule has 0 spiro atoms. The molecule has 0 atom stereocenters. The van der Waals surface area contributed by atoms with Crippen LogP contribution in [0.15, 0.2) is 52.0 Å². The van der Waals surface area contributed by atoms with E-state index in [1.54, 1.807) is 12.1 Å². The number of nitrogens with zero attached hydrogens (tertiary/aromatic N) is 1. The molecule has 0 fully saturated rings. The molecular weight excluding hydrogens is 394 g/mol. The Hall–Kier alpha value is -2.65. The predicted molar refractivity (Wildman–Crippen MR) is 110 cm³/mol. The van der Waals surface area contributed by atoms with Gasteiger partial charge in [-0.2, -0.15) is 4.31 Å². The summed E-state index contributed by atoms with van der Waals surface area (Å²) in [4.78, 5) is 23.5. The van der Waals surface area contributed by atoms with Crippen LogP contribution in [-0.4, -0.2) is 37.6 Å². The maximum absolute atomic E-state index is 13.1. The summed E-state index contributed by atoms with van der Waals surface area (Å²) in [5, 5.41) is 5.34. The van der Waals surface area contributed by atoms with Crippen LogP contribution in [0.5, 0.6) is 0 Å². The third-order valence-corrected chi connectivity index (χ3v) is 5.89. The van der Waals surface area contributed by atoms with E-state index < -0.39 is 10.0 Å². The third kappa shape index (κ3) is 7.03. The van der Waals surface area contributed by atoms with E-state index in [9.17, 15) is 18.0 Å². The van der Waals surface area contributed by atoms with Crippen molar-refractivity contribution in [3.05, 3.63) is 48.4 Å². The number of hydrogen-bond acceptors (Lipinski definition) is 5. The second-order valence-corrected chi connectivity index (χ2v) is 9.03. The zero-order valence-electron chi connectivity index (χ0n) is 16.8. The van der Waals surface area contributed by atoms with Crippen molar-refractivity contribution in [3.8, 4) is 0 Å². The lowest BCUT2D eigenvalue weighted by atomic mass is 10.1. The van der Waals surface area contributed by atoms with Gasteiger partial charge >= 0.3 is 0 Å². The molecule has 1 aromatic heterocycles. The highest BCUT2D eigenvalue weighted by Gasteiger charge is 2.27. The summed E-state index contributed by atoms with van der Waals surface area (Å²) < 4.78 is 32.6. The number of anilines is 1. The van der Waals surface area contributed by atoms with Crippen LogP contribution in [0.2, 0.25) is 0 Å². The van der Waals surface area contributed by atoms with Crippen LogP contribution in [0.1, 0.15) is 33.0 Å². The van der Waals surface area contributed by atoms with E-state index in [4.69, 9.17) is 4.42 Å². The highest BCUT2D eigenvalue weighted by molar-refractivity contribution is 7.89. The van der Waals surface area contributed by atoms with Crippen LogP contribution in [0.4, 0.5) is 5.69 Å². The summed E-state index contributed by atoms with van der Waals surface area (Å²) in [7, 11) is -3.96. The molecule has 2 amide bonds. The lowest BCUT2D eigenvalue weighted by Gasteiger charge is -2.21. The molecule has 0 bridgehead atoms. The zero-order chi connectivity index (χ0) is 21.4. The van der Waals surface area contributed by atoms with Crippen molar-refractivity contribution < 1.29 is 22.4 Å². The fraction of sp³-hybridized carbons (Fsp3) is 0.400. The Balaban J connectivity index is 2.19. The minimum atomic E-state index is -3.96. The highest BCUT2D eigenvalue weighted by Crippen LogP contribution is 2.20. The number of carbonyl (C=O) groups is 2. The minimum absolute atomic E-state index is 0.0214. The molecule has 1 heterocycles. The van der Waals surface area contributed by atoms with Gasteiger partial charge in [-0.3, -0.25) is 9.59 Å². The SMILES string of the molecule is CC(=O)Nc1ccc(S(=O)(=O)N(CC(=O)NCCC(C)C)Cc2ccco2)cc1. The average Bonchev–Trinajstić information content (AvgIpc) is 3.14. The Morgan fingerprint density at radius 3 is 2.38 bits per heavy atom. The molecule has 158 valence electrons. The molecule has 2 aromatic rings. The van der Waals surface area contributed by atoms with Crippen molar-refractivity contribution >= 4 is 27.5 Å². The molecule has 0 saturated heterocycles. The van der Waals surface area contributed by atoms with E-state index >= 15 is 0 Å². The van der Waals surface area contributed by atoms with Gasteiger partial charge in [0.15, 0.2) is 0 Å². The van der Waals surface area contributed by atoms with Crippen molar-refractivity contribution in [1.29, 1.82) is 0 Å². The highest BCUT2D eigenvalue weighted by atomic mass is 32.2. The Morgan fingerprint density at radius 1 is 1.14 bits per heavy atom. The molecular formula is C20H27N3O5S. The van der Waals surface area contributed by atoms with Crippen LogP contribution in [-0.2, 0) is 26.2 Å². The number of sulfonamides is 1. The maximum atomic E-state index is 13.1. The smallest absolute Gasteiger partial charge is 0.243 e. The standard InChI is InChI=1S/C20H27N3O5S/c1-15(2)10-11-21-20(25)14-23(13-18-5-4-12-28-18)29(26,27)19-8-6-17(7-9-19)22-16(3)24/h4-9,12,15H,10-11,13-14H2,1-3H3,(H,21,25)(H,22,24). The molecule has 8 nitrogen and oxygen atoms in total. The molecule has 29 heavy (non-hydrogen) atoms. The van der Waals surface area contributed by atoms with Gasteiger partial charge in [-0.05, 0) is 48.7 Å². The normalized spacial score (nSPS) is 11.6. The van der Waals surface area contributed by atoms with Crippen molar-refractivity contribution in [1.82, 2.24) is 9.62 Å². The van der Waals surface area contributed by atoms with Gasteiger partial charge in [-0.25, -0.2) is 8.42 Å². The van der Waals surface area contributed by atoms with Gasteiger partial charge in [0, 0.05) is 19.2 Å². The zero-order valence-corrected chi connectivity index (χ0v) is 17.7. The number of benzene rings is 1. The lowest BCUT2D eigenvalue weighted by molar-refractivity contribution is -0.121. The van der Waals surface area contributed by atoms with E-state index in [2.05, 4.69) is 10.6 Å². The van der Waals surface area contributed by atoms with Crippen LogP contribution in [0.3, 0.4) is 0 Å². The Kier molecular flexibility index (Phi) is 7.98. The van der Waals surface area contributed by atoms with Crippen LogP contribution >= 0.6 is 0 Å². The Bertz CT molecular complexity index is 906. The van der Waals surface area contributed by atoms with Gasteiger partial charge in [0.2, 0.25) is 21.8 Å². The first-order valence-electron chi connectivity index (χ1n) is 9.35. The van der Waals surface area contributed by atoms with E-state index in [0.29, 0.717) is 23.9 Å². The first kappa shape index (κ1) is 22.6. The lowest BCUT2D eigenvalue weighted by Crippen LogP contribution is -2.40. The molecule has 0 unspecified atom stereocenters. The van der Waals surface area contributed by atoms with Crippen molar-refractivity contribution in [2.75, 3.05) is 18.4 Å². The second-order valence-electron chi connectivity index (χ2n) is 7.09. The number of nitrogens with one attached hydrogen (secondary N) is 2. The minimum Gasteiger partial charge on any atom is -0.468 e. The van der Waals surface area contributed by atoms with E-state index in [1.165, 1.54) is 37.5 Å². The molecule has 2 N–H and O–H groups in total. The van der Waals surface area contributed by atoms with Crippen molar-refractivity contribution in [3.63, 3.8) is 0 Å². The molecule has 1 aromatic carbocycles. The van der Waals surface area contributed by atoms with Crippen molar-refractivity contribution in [2.24, 2.45) is 5.92 Å². The molecule has 0 aliphatic heterocycles. The maximum Gasteiger partial charge on any atom is 0.243 e. The fourth-order valence-corrected chi connectivity index (χ4v) is 3.94. The summed E-state index contributed by atoms with van der Waals surface area (Å²) in [5.74, 6) is 0.229. The molecule has 9 heteroatoms. The summed E-state index contributed by atoms with van der Waals surface area (Å²) in [6, 6.07) is 9.10. The van der Waals surface area contributed by atoms with E-state index in [-0.39, 0.29) is 29.8 Å². The van der Waals surface area contributed by atoms with E-state index in [0.717, 1.165) is 10.7 Å². The van der Waals surface area contributed by atoms with Gasteiger partial charge < -0.3 is 15.1 Å². The summed E-state index contributed by atoms with van der Waals surface area (Å²) in [6.45, 7) is 5.55. The molecule has 0 aliphatic carbocycles. The third-order valence-electron chi connectivity index (χ3n) is 4.09. The van der Waals surface area contributed by atoms with Gasteiger partial charge in [0.25, 0.3) is 0 Å². The largest absolute Gasteiger partial charge is 0.468 e. The average molecular weight is 422 g/mol. The van der Waals surface area contributed by atoms with Crippen LogP contribution < -0.4 is 10.6 Å². The summed E-state index contributed by atoms with van der Waals surface area (Å²) in [6.07, 6.45) is 2.26. The Labute approximate surface area is 171 Å². The molecule has 0 saturated carbocycles. The summed E-state index contributed by atoms with van der Waals surface area (Å²) in [5.41, 5.74) is 0.487. The quantitative estimate of drug-likeness (QED) is 0.613. The molecule has 0 aliphatic rings. The number of amides is 2.